The maximum absolute atomic E-state index is 13.3. The van der Waals surface area contributed by atoms with E-state index in [1.165, 1.54) is 6.07 Å². The van der Waals surface area contributed by atoms with Crippen LogP contribution in [0.1, 0.15) is 22.8 Å². The average Bonchev–Trinajstić information content (AvgIpc) is 2.70. The zero-order valence-corrected chi connectivity index (χ0v) is 16.6. The Kier molecular flexibility index (Phi) is 7.32. The molecular weight excluding hydrogens is 373 g/mol. The second-order valence-corrected chi connectivity index (χ2v) is 7.03. The SMILES string of the molecule is CCOC(=O)c1ccc(NC(=O)CN2CCN(Cc3cccc(F)c3)CC2)cc1. The molecule has 1 saturated heterocycles. The number of rotatable bonds is 7. The Morgan fingerprint density at radius 2 is 1.72 bits per heavy atom. The van der Waals surface area contributed by atoms with Gasteiger partial charge in [-0.3, -0.25) is 14.6 Å². The van der Waals surface area contributed by atoms with Crippen LogP contribution in [-0.4, -0.2) is 61.0 Å². The highest BCUT2D eigenvalue weighted by Gasteiger charge is 2.19. The number of anilines is 1. The fraction of sp³-hybridized carbons (Fsp3) is 0.364. The summed E-state index contributed by atoms with van der Waals surface area (Å²) in [5, 5.41) is 2.86. The van der Waals surface area contributed by atoms with Gasteiger partial charge in [-0.05, 0) is 48.9 Å². The van der Waals surface area contributed by atoms with Gasteiger partial charge in [-0.2, -0.15) is 0 Å². The molecule has 6 nitrogen and oxygen atoms in total. The Labute approximate surface area is 170 Å². The van der Waals surface area contributed by atoms with Gasteiger partial charge in [-0.25, -0.2) is 9.18 Å². The van der Waals surface area contributed by atoms with Crippen LogP contribution in [-0.2, 0) is 16.1 Å². The first kappa shape index (κ1) is 21.0. The van der Waals surface area contributed by atoms with Crippen molar-refractivity contribution in [2.24, 2.45) is 0 Å². The van der Waals surface area contributed by atoms with Gasteiger partial charge in [0.1, 0.15) is 5.82 Å². The monoisotopic (exact) mass is 399 g/mol. The number of nitrogens with one attached hydrogen (secondary N) is 1. The summed E-state index contributed by atoms with van der Waals surface area (Å²) in [6.07, 6.45) is 0. The maximum atomic E-state index is 13.3. The van der Waals surface area contributed by atoms with Gasteiger partial charge in [-0.1, -0.05) is 12.1 Å². The third-order valence-corrected chi connectivity index (χ3v) is 4.81. The molecule has 3 rings (SSSR count). The molecule has 1 amide bonds. The molecule has 0 bridgehead atoms. The van der Waals surface area contributed by atoms with E-state index in [2.05, 4.69) is 15.1 Å². The van der Waals surface area contributed by atoms with Crippen LogP contribution in [0, 0.1) is 5.82 Å². The minimum atomic E-state index is -0.374. The molecule has 1 N–H and O–H groups in total. The summed E-state index contributed by atoms with van der Waals surface area (Å²) >= 11 is 0. The van der Waals surface area contributed by atoms with Gasteiger partial charge in [0.2, 0.25) is 5.91 Å². The van der Waals surface area contributed by atoms with E-state index in [-0.39, 0.29) is 17.7 Å². The van der Waals surface area contributed by atoms with Crippen molar-refractivity contribution in [3.8, 4) is 0 Å². The molecule has 0 spiro atoms. The summed E-state index contributed by atoms with van der Waals surface area (Å²) in [6.45, 7) is 6.34. The predicted molar refractivity (Wildman–Crippen MR) is 109 cm³/mol. The van der Waals surface area contributed by atoms with E-state index >= 15 is 0 Å². The van der Waals surface area contributed by atoms with Crippen molar-refractivity contribution in [1.82, 2.24) is 9.80 Å². The summed E-state index contributed by atoms with van der Waals surface area (Å²) in [7, 11) is 0. The second kappa shape index (κ2) is 10.1. The maximum Gasteiger partial charge on any atom is 0.338 e. The number of carbonyl (C=O) groups excluding carboxylic acids is 2. The zero-order valence-electron chi connectivity index (χ0n) is 16.6. The molecule has 1 fully saturated rings. The number of hydrogen-bond acceptors (Lipinski definition) is 5. The normalized spacial score (nSPS) is 15.1. The molecular formula is C22H26FN3O3. The number of halogens is 1. The van der Waals surface area contributed by atoms with Crippen molar-refractivity contribution < 1.29 is 18.7 Å². The van der Waals surface area contributed by atoms with Gasteiger partial charge in [0.25, 0.3) is 0 Å². The number of amides is 1. The Balaban J connectivity index is 1.42. The summed E-state index contributed by atoms with van der Waals surface area (Å²) < 4.78 is 18.3. The molecule has 7 heteroatoms. The number of carbonyl (C=O) groups is 2. The van der Waals surface area contributed by atoms with Crippen LogP contribution in [0.15, 0.2) is 48.5 Å². The molecule has 0 unspecified atom stereocenters. The number of benzene rings is 2. The minimum Gasteiger partial charge on any atom is -0.462 e. The molecule has 2 aromatic rings. The molecule has 0 aliphatic carbocycles. The Morgan fingerprint density at radius 1 is 1.03 bits per heavy atom. The van der Waals surface area contributed by atoms with Crippen LogP contribution in [0.3, 0.4) is 0 Å². The van der Waals surface area contributed by atoms with Gasteiger partial charge >= 0.3 is 5.97 Å². The van der Waals surface area contributed by atoms with Crippen LogP contribution in [0.2, 0.25) is 0 Å². The lowest BCUT2D eigenvalue weighted by atomic mass is 10.2. The molecule has 1 heterocycles. The van der Waals surface area contributed by atoms with Crippen molar-refractivity contribution in [1.29, 1.82) is 0 Å². The number of hydrogen-bond donors (Lipinski definition) is 1. The van der Waals surface area contributed by atoms with E-state index in [1.54, 1.807) is 43.3 Å². The fourth-order valence-electron chi connectivity index (χ4n) is 3.31. The molecule has 0 radical (unpaired) electrons. The van der Waals surface area contributed by atoms with Crippen molar-refractivity contribution >= 4 is 17.6 Å². The van der Waals surface area contributed by atoms with Gasteiger partial charge in [0, 0.05) is 38.4 Å². The van der Waals surface area contributed by atoms with Crippen LogP contribution in [0.4, 0.5) is 10.1 Å². The standard InChI is InChI=1S/C22H26FN3O3/c1-2-29-22(28)18-6-8-20(9-7-18)24-21(27)16-26-12-10-25(11-13-26)15-17-4-3-5-19(23)14-17/h3-9,14H,2,10-13,15-16H2,1H3,(H,24,27). The summed E-state index contributed by atoms with van der Waals surface area (Å²) in [4.78, 5) is 28.3. The molecule has 0 aromatic heterocycles. The molecule has 1 aliphatic rings. The lowest BCUT2D eigenvalue weighted by molar-refractivity contribution is -0.117. The largest absolute Gasteiger partial charge is 0.462 e. The van der Waals surface area contributed by atoms with Gasteiger partial charge in [-0.15, -0.1) is 0 Å². The van der Waals surface area contributed by atoms with Crippen molar-refractivity contribution in [2.45, 2.75) is 13.5 Å². The van der Waals surface area contributed by atoms with Crippen molar-refractivity contribution in [2.75, 3.05) is 44.6 Å². The molecule has 2 aromatic carbocycles. The summed E-state index contributed by atoms with van der Waals surface area (Å²) in [6, 6.07) is 13.3. The van der Waals surface area contributed by atoms with Crippen molar-refractivity contribution in [3.63, 3.8) is 0 Å². The first-order valence-electron chi connectivity index (χ1n) is 9.79. The van der Waals surface area contributed by atoms with Crippen LogP contribution in [0.5, 0.6) is 0 Å². The third kappa shape index (κ3) is 6.37. The topological polar surface area (TPSA) is 61.9 Å². The molecule has 0 atom stereocenters. The average molecular weight is 399 g/mol. The van der Waals surface area contributed by atoms with E-state index in [1.807, 2.05) is 6.07 Å². The summed E-state index contributed by atoms with van der Waals surface area (Å²) in [5.74, 6) is -0.679. The molecule has 1 aliphatic heterocycles. The van der Waals surface area contributed by atoms with Crippen LogP contribution < -0.4 is 5.32 Å². The van der Waals surface area contributed by atoms with E-state index in [0.717, 1.165) is 31.7 Å². The van der Waals surface area contributed by atoms with Crippen molar-refractivity contribution in [3.05, 3.63) is 65.5 Å². The first-order chi connectivity index (χ1) is 14.0. The minimum absolute atomic E-state index is 0.0903. The Bertz CT molecular complexity index is 833. The molecule has 29 heavy (non-hydrogen) atoms. The number of nitrogens with zero attached hydrogens (tertiary/aromatic N) is 2. The predicted octanol–water partition coefficient (Wildman–Crippen LogP) is 2.76. The van der Waals surface area contributed by atoms with Crippen LogP contribution in [0.25, 0.3) is 0 Å². The smallest absolute Gasteiger partial charge is 0.338 e. The van der Waals surface area contributed by atoms with E-state index in [9.17, 15) is 14.0 Å². The Hall–Kier alpha value is -2.77. The van der Waals surface area contributed by atoms with E-state index < -0.39 is 0 Å². The first-order valence-corrected chi connectivity index (χ1v) is 9.79. The molecule has 0 saturated carbocycles. The van der Waals surface area contributed by atoms with Crippen LogP contribution >= 0.6 is 0 Å². The lowest BCUT2D eigenvalue weighted by Crippen LogP contribution is -2.48. The van der Waals surface area contributed by atoms with Gasteiger partial charge in [0.15, 0.2) is 0 Å². The number of piperazine rings is 1. The summed E-state index contributed by atoms with van der Waals surface area (Å²) in [5.41, 5.74) is 2.06. The van der Waals surface area contributed by atoms with E-state index in [0.29, 0.717) is 30.9 Å². The third-order valence-electron chi connectivity index (χ3n) is 4.81. The van der Waals surface area contributed by atoms with Gasteiger partial charge < -0.3 is 10.1 Å². The lowest BCUT2D eigenvalue weighted by Gasteiger charge is -2.34. The van der Waals surface area contributed by atoms with Gasteiger partial charge in [0.05, 0.1) is 18.7 Å². The Morgan fingerprint density at radius 3 is 2.38 bits per heavy atom. The van der Waals surface area contributed by atoms with E-state index in [4.69, 9.17) is 4.74 Å². The fourth-order valence-corrected chi connectivity index (χ4v) is 3.31. The highest BCUT2D eigenvalue weighted by Crippen LogP contribution is 2.12. The highest BCUT2D eigenvalue weighted by molar-refractivity contribution is 5.94. The highest BCUT2D eigenvalue weighted by atomic mass is 19.1. The number of esters is 1. The number of ether oxygens (including phenoxy) is 1. The zero-order chi connectivity index (χ0) is 20.6. The second-order valence-electron chi connectivity index (χ2n) is 7.03. The molecule has 154 valence electrons. The quantitative estimate of drug-likeness (QED) is 0.726.